The maximum atomic E-state index is 12.9. The van der Waals surface area contributed by atoms with Crippen molar-refractivity contribution in [3.8, 4) is 0 Å². The Morgan fingerprint density at radius 1 is 0.745 bits per heavy atom. The number of carbonyl (C=O) groups is 3. The number of fused-ring (bicyclic) bond motifs is 2. The fourth-order valence-corrected chi connectivity index (χ4v) is 8.63. The minimum Gasteiger partial charge on any atom is -0.477 e. The molecule has 283 valence electrons. The third-order valence-corrected chi connectivity index (χ3v) is 11.0. The normalized spacial score (nSPS) is 15.8. The number of amides is 2. The number of alkyl halides is 6. The number of ether oxygens (including phenoxy) is 2. The summed E-state index contributed by atoms with van der Waals surface area (Å²) >= 11 is 2.21. The van der Waals surface area contributed by atoms with Crippen LogP contribution in [0.15, 0.2) is 41.8 Å². The first kappa shape index (κ1) is 41.9. The van der Waals surface area contributed by atoms with Gasteiger partial charge in [-0.2, -0.15) is 26.3 Å². The van der Waals surface area contributed by atoms with Crippen molar-refractivity contribution >= 4 is 61.0 Å². The Balaban J connectivity index is 0.000000267. The second kappa shape index (κ2) is 16.9. The second-order valence-electron chi connectivity index (χ2n) is 11.7. The zero-order valence-corrected chi connectivity index (χ0v) is 29.2. The first-order valence-corrected chi connectivity index (χ1v) is 16.9. The van der Waals surface area contributed by atoms with Gasteiger partial charge in [-0.3, -0.25) is 0 Å². The number of halogens is 6. The maximum absolute atomic E-state index is 12.9. The quantitative estimate of drug-likeness (QED) is 0.164. The second-order valence-corrected chi connectivity index (χ2v) is 13.7. The SMILES string of the molecule is C.COC(=O)N1CCC(c2c(C(=O)O)sc3cc(C(F)(F)F)ccc23)CC1.COC(=O)N1CCC(c2csc3cc(C(F)(F)F)ccc23)CC1.[Cu]. The molecule has 1 radical (unpaired) electrons. The molecule has 6 rings (SSSR count). The number of methoxy groups -OCH3 is 2. The molecule has 8 nitrogen and oxygen atoms in total. The molecule has 2 aliphatic heterocycles. The van der Waals surface area contributed by atoms with E-state index in [-0.39, 0.29) is 47.3 Å². The first-order valence-electron chi connectivity index (χ1n) is 15.2. The van der Waals surface area contributed by atoms with Crippen LogP contribution in [0.1, 0.15) is 76.9 Å². The van der Waals surface area contributed by atoms with Crippen molar-refractivity contribution < 1.29 is 72.4 Å². The summed E-state index contributed by atoms with van der Waals surface area (Å²) in [6, 6.07) is 7.25. The Morgan fingerprint density at radius 2 is 1.20 bits per heavy atom. The van der Waals surface area contributed by atoms with Crippen LogP contribution in [0.25, 0.3) is 20.2 Å². The molecule has 2 aliphatic rings. The van der Waals surface area contributed by atoms with Crippen LogP contribution in [0.3, 0.4) is 0 Å². The fraction of sp³-hybridized carbons (Fsp3) is 0.441. The number of piperidine rings is 2. The molecule has 0 aliphatic carbocycles. The molecule has 2 amide bonds. The minimum atomic E-state index is -4.48. The first-order chi connectivity index (χ1) is 23.1. The molecule has 17 heteroatoms. The van der Waals surface area contributed by atoms with Gasteiger partial charge in [-0.15, -0.1) is 22.7 Å². The molecule has 0 bridgehead atoms. The largest absolute Gasteiger partial charge is 0.477 e. The standard InChI is InChI=1S/C17H16F3NO4S.C16H16F3NO2S.CH4.Cu/c1-25-16(24)21-6-4-9(5-7-21)13-11-3-2-10(17(18,19)20)8-12(11)26-14(13)15(22)23;1-22-15(21)20-6-4-10(5-7-20)13-9-23-14-8-11(16(17,18)19)2-3-12(13)14;;/h2-3,8-9H,4-7H2,1H3,(H,22,23);2-3,8-10H,4-7H2,1H3;1H4;. The maximum Gasteiger partial charge on any atom is 0.416 e. The van der Waals surface area contributed by atoms with Crippen molar-refractivity contribution in [2.45, 2.75) is 57.3 Å². The number of hydrogen-bond donors (Lipinski definition) is 1. The minimum absolute atomic E-state index is 0. The van der Waals surface area contributed by atoms with Gasteiger partial charge in [0.2, 0.25) is 0 Å². The summed E-state index contributed by atoms with van der Waals surface area (Å²) in [5.41, 5.74) is 0.244. The number of carbonyl (C=O) groups excluding carboxylic acids is 2. The topological polar surface area (TPSA) is 96.4 Å². The number of rotatable bonds is 3. The van der Waals surface area contributed by atoms with Crippen molar-refractivity contribution in [2.75, 3.05) is 40.4 Å². The van der Waals surface area contributed by atoms with E-state index in [9.17, 15) is 45.8 Å². The van der Waals surface area contributed by atoms with Gasteiger partial charge >= 0.3 is 30.5 Å². The van der Waals surface area contributed by atoms with Crippen LogP contribution in [0.2, 0.25) is 0 Å². The molecule has 2 aromatic heterocycles. The number of carboxylic acids is 1. The van der Waals surface area contributed by atoms with Crippen molar-refractivity contribution in [3.05, 3.63) is 68.9 Å². The van der Waals surface area contributed by atoms with Crippen LogP contribution < -0.4 is 0 Å². The van der Waals surface area contributed by atoms with E-state index in [0.717, 1.165) is 53.3 Å². The van der Waals surface area contributed by atoms with Crippen LogP contribution in [0, 0.1) is 0 Å². The van der Waals surface area contributed by atoms with E-state index < -0.39 is 35.5 Å². The van der Waals surface area contributed by atoms with Crippen LogP contribution in [-0.2, 0) is 38.9 Å². The molecule has 2 saturated heterocycles. The Kier molecular flexibility index (Phi) is 13.9. The molecule has 2 aromatic carbocycles. The average molecular weight is 810 g/mol. The van der Waals surface area contributed by atoms with Crippen LogP contribution in [0.4, 0.5) is 35.9 Å². The molecule has 0 unspecified atom stereocenters. The van der Waals surface area contributed by atoms with E-state index in [0.29, 0.717) is 59.4 Å². The van der Waals surface area contributed by atoms with Crippen LogP contribution >= 0.6 is 22.7 Å². The number of nitrogens with zero attached hydrogens (tertiary/aromatic N) is 2. The Labute approximate surface area is 308 Å². The summed E-state index contributed by atoms with van der Waals surface area (Å²) < 4.78 is 87.5. The molecule has 2 fully saturated rings. The molecular weight excluding hydrogens is 774 g/mol. The molecule has 1 N–H and O–H groups in total. The Bertz CT molecular complexity index is 1840. The molecule has 4 aromatic rings. The number of aromatic carboxylic acids is 1. The van der Waals surface area contributed by atoms with E-state index in [1.54, 1.807) is 11.0 Å². The summed E-state index contributed by atoms with van der Waals surface area (Å²) in [5.74, 6) is -1.01. The van der Waals surface area contributed by atoms with Gasteiger partial charge in [0.1, 0.15) is 4.88 Å². The van der Waals surface area contributed by atoms with Gasteiger partial charge in [-0.05, 0) is 89.1 Å². The van der Waals surface area contributed by atoms with E-state index in [1.807, 2.05) is 5.38 Å². The smallest absolute Gasteiger partial charge is 0.416 e. The van der Waals surface area contributed by atoms with E-state index >= 15 is 0 Å². The molecular formula is C34H36CuF6N2O6S2. The monoisotopic (exact) mass is 809 g/mol. The number of carboxylic acid groups (broad SMARTS) is 1. The van der Waals surface area contributed by atoms with Crippen LogP contribution in [0.5, 0.6) is 0 Å². The summed E-state index contributed by atoms with van der Waals surface area (Å²) in [6.07, 6.45) is -6.91. The van der Waals surface area contributed by atoms with Crippen molar-refractivity contribution in [1.82, 2.24) is 9.80 Å². The summed E-state index contributed by atoms with van der Waals surface area (Å²) in [7, 11) is 2.65. The van der Waals surface area contributed by atoms with E-state index in [1.165, 1.54) is 42.6 Å². The van der Waals surface area contributed by atoms with Gasteiger partial charge in [-0.1, -0.05) is 19.6 Å². The molecule has 4 heterocycles. The van der Waals surface area contributed by atoms with Gasteiger partial charge in [0, 0.05) is 52.6 Å². The average Bonchev–Trinajstić information content (AvgIpc) is 3.69. The molecule has 0 atom stereocenters. The summed E-state index contributed by atoms with van der Waals surface area (Å²) in [5, 5.41) is 12.9. The third kappa shape index (κ3) is 9.29. The predicted molar refractivity (Wildman–Crippen MR) is 179 cm³/mol. The third-order valence-electron chi connectivity index (χ3n) is 8.89. The van der Waals surface area contributed by atoms with Gasteiger partial charge in [-0.25, -0.2) is 14.4 Å². The van der Waals surface area contributed by atoms with Gasteiger partial charge in [0.25, 0.3) is 0 Å². The summed E-state index contributed by atoms with van der Waals surface area (Å²) in [4.78, 5) is 38.0. The van der Waals surface area contributed by atoms with E-state index in [4.69, 9.17) is 4.74 Å². The molecule has 0 saturated carbocycles. The number of benzene rings is 2. The van der Waals surface area contributed by atoms with E-state index in [2.05, 4.69) is 4.74 Å². The van der Waals surface area contributed by atoms with Gasteiger partial charge in [0.05, 0.1) is 25.3 Å². The van der Waals surface area contributed by atoms with Gasteiger partial charge < -0.3 is 24.4 Å². The number of thiophene rings is 2. The predicted octanol–water partition coefficient (Wildman–Crippen LogP) is 10.1. The van der Waals surface area contributed by atoms with Crippen molar-refractivity contribution in [1.29, 1.82) is 0 Å². The van der Waals surface area contributed by atoms with Crippen molar-refractivity contribution in [2.24, 2.45) is 0 Å². The van der Waals surface area contributed by atoms with Crippen molar-refractivity contribution in [3.63, 3.8) is 0 Å². The molecule has 0 spiro atoms. The summed E-state index contributed by atoms with van der Waals surface area (Å²) in [6.45, 7) is 2.04. The fourth-order valence-electron chi connectivity index (χ4n) is 6.38. The zero-order valence-electron chi connectivity index (χ0n) is 26.6. The van der Waals surface area contributed by atoms with Gasteiger partial charge in [0.15, 0.2) is 0 Å². The Morgan fingerprint density at radius 3 is 1.65 bits per heavy atom. The molecule has 51 heavy (non-hydrogen) atoms. The zero-order chi connectivity index (χ0) is 35.7. The number of hydrogen-bond acceptors (Lipinski definition) is 7. The Hall–Kier alpha value is -3.53. The number of likely N-dealkylation sites (tertiary alicyclic amines) is 2. The van der Waals surface area contributed by atoms with Crippen LogP contribution in [-0.4, -0.2) is 73.5 Å².